The van der Waals surface area contributed by atoms with Crippen LogP contribution in [0.5, 0.6) is 5.75 Å². The Balaban J connectivity index is 1.25. The van der Waals surface area contributed by atoms with Gasteiger partial charge >= 0.3 is 5.97 Å². The molecule has 36 heavy (non-hydrogen) atoms. The van der Waals surface area contributed by atoms with Crippen LogP contribution < -0.4 is 4.74 Å². The Kier molecular flexibility index (Phi) is 5.65. The zero-order chi connectivity index (χ0) is 25.4. The standard InChI is InChI=1S/C29H37F2NO4/c1-28(2,3)36-27(34)23-5-4-8-32(23)26(33)21-11-20(17-6-7-17)24(12-22(21)30)35-25-18-9-16-10-19(25)15-29(31,13-16)14-18/h11-12,16-19,23,25H,4-10,13-15H2,1-3H3/t16-,18+,19-,23-,25-,29+/m0/s1. The van der Waals surface area contributed by atoms with Crippen LogP contribution in [0.15, 0.2) is 12.1 Å². The molecule has 7 rings (SSSR count). The molecule has 1 saturated heterocycles. The van der Waals surface area contributed by atoms with E-state index in [0.717, 1.165) is 31.2 Å². The van der Waals surface area contributed by atoms with Crippen LogP contribution in [0, 0.1) is 23.6 Å². The molecule has 196 valence electrons. The van der Waals surface area contributed by atoms with E-state index in [1.807, 2.05) is 0 Å². The third-order valence-electron chi connectivity index (χ3n) is 8.91. The average Bonchev–Trinajstić information content (AvgIpc) is 3.48. The van der Waals surface area contributed by atoms with Gasteiger partial charge in [-0.3, -0.25) is 4.79 Å². The van der Waals surface area contributed by atoms with Gasteiger partial charge in [0, 0.05) is 12.6 Å². The first-order valence-electron chi connectivity index (χ1n) is 13.7. The van der Waals surface area contributed by atoms with E-state index in [1.165, 1.54) is 11.0 Å². The van der Waals surface area contributed by atoms with E-state index in [0.29, 0.717) is 50.3 Å². The smallest absolute Gasteiger partial charge is 0.329 e. The van der Waals surface area contributed by atoms with Gasteiger partial charge in [0.2, 0.25) is 0 Å². The highest BCUT2D eigenvalue weighted by atomic mass is 19.1. The Morgan fingerprint density at radius 2 is 1.75 bits per heavy atom. The summed E-state index contributed by atoms with van der Waals surface area (Å²) >= 11 is 0. The molecule has 5 saturated carbocycles. The maximum absolute atomic E-state index is 15.5. The summed E-state index contributed by atoms with van der Waals surface area (Å²) in [7, 11) is 0. The van der Waals surface area contributed by atoms with Crippen LogP contribution >= 0.6 is 0 Å². The van der Waals surface area contributed by atoms with Gasteiger partial charge in [0.05, 0.1) is 5.56 Å². The molecule has 1 amide bonds. The highest BCUT2D eigenvalue weighted by Gasteiger charge is 2.57. The Labute approximate surface area is 211 Å². The van der Waals surface area contributed by atoms with Gasteiger partial charge in [-0.25, -0.2) is 13.6 Å². The SMILES string of the molecule is CC(C)(C)OC(=O)[C@@H]1CCCN1C(=O)c1cc(C2CC2)c(O[C@H]2[C@@H]3C[C@H]4C[C@H]2C[C@@](F)(C4)C3)cc1F. The number of hydrogen-bond acceptors (Lipinski definition) is 4. The van der Waals surface area contributed by atoms with E-state index in [-0.39, 0.29) is 29.4 Å². The van der Waals surface area contributed by atoms with Crippen molar-refractivity contribution in [2.75, 3.05) is 6.54 Å². The third kappa shape index (κ3) is 4.41. The molecule has 4 bridgehead atoms. The van der Waals surface area contributed by atoms with E-state index in [9.17, 15) is 9.59 Å². The van der Waals surface area contributed by atoms with Gasteiger partial charge in [0.15, 0.2) is 0 Å². The lowest BCUT2D eigenvalue weighted by Crippen LogP contribution is -2.56. The lowest BCUT2D eigenvalue weighted by Gasteiger charge is -2.56. The van der Waals surface area contributed by atoms with Gasteiger partial charge in [0.1, 0.15) is 35.0 Å². The topological polar surface area (TPSA) is 55.8 Å². The third-order valence-corrected chi connectivity index (χ3v) is 8.91. The number of amides is 1. The number of nitrogens with zero attached hydrogens (tertiary/aromatic N) is 1. The van der Waals surface area contributed by atoms with Crippen LogP contribution in [0.25, 0.3) is 0 Å². The van der Waals surface area contributed by atoms with Gasteiger partial charge in [-0.1, -0.05) is 0 Å². The fourth-order valence-corrected chi connectivity index (χ4v) is 7.55. The molecule has 6 aliphatic rings. The molecule has 0 spiro atoms. The lowest BCUT2D eigenvalue weighted by molar-refractivity contribution is -0.159. The number of rotatable bonds is 5. The highest BCUT2D eigenvalue weighted by Crippen LogP contribution is 2.58. The fourth-order valence-electron chi connectivity index (χ4n) is 7.55. The van der Waals surface area contributed by atoms with Crippen molar-refractivity contribution in [2.24, 2.45) is 17.8 Å². The number of likely N-dealkylation sites (tertiary alicyclic amines) is 1. The molecule has 1 aromatic carbocycles. The van der Waals surface area contributed by atoms with Crippen LogP contribution in [-0.4, -0.2) is 46.7 Å². The van der Waals surface area contributed by atoms with Crippen molar-refractivity contribution in [1.29, 1.82) is 0 Å². The zero-order valence-electron chi connectivity index (χ0n) is 21.5. The molecule has 0 aromatic heterocycles. The maximum atomic E-state index is 15.5. The van der Waals surface area contributed by atoms with E-state index in [2.05, 4.69) is 0 Å². The Hall–Kier alpha value is -2.18. The number of carbonyl (C=O) groups is 2. The molecule has 5 nitrogen and oxygen atoms in total. The molecule has 0 radical (unpaired) electrons. The predicted octanol–water partition coefficient (Wildman–Crippen LogP) is 5.95. The van der Waals surface area contributed by atoms with Crippen LogP contribution in [-0.2, 0) is 9.53 Å². The summed E-state index contributed by atoms with van der Waals surface area (Å²) in [5.41, 5.74) is -0.834. The first kappa shape index (κ1) is 24.2. The van der Waals surface area contributed by atoms with Gasteiger partial charge in [-0.2, -0.15) is 0 Å². The van der Waals surface area contributed by atoms with Crippen molar-refractivity contribution in [1.82, 2.24) is 4.90 Å². The van der Waals surface area contributed by atoms with Gasteiger partial charge in [-0.05, 0) is 114 Å². The van der Waals surface area contributed by atoms with Crippen LogP contribution in [0.3, 0.4) is 0 Å². The molecular weight excluding hydrogens is 464 g/mol. The first-order valence-corrected chi connectivity index (χ1v) is 13.7. The monoisotopic (exact) mass is 501 g/mol. The van der Waals surface area contributed by atoms with Crippen molar-refractivity contribution in [3.63, 3.8) is 0 Å². The van der Waals surface area contributed by atoms with E-state index in [1.54, 1.807) is 26.8 Å². The zero-order valence-corrected chi connectivity index (χ0v) is 21.5. The summed E-state index contributed by atoms with van der Waals surface area (Å²) in [5.74, 6) is 0.0323. The molecular formula is C29H37F2NO4. The van der Waals surface area contributed by atoms with Crippen LogP contribution in [0.4, 0.5) is 8.78 Å². The second-order valence-corrected chi connectivity index (χ2v) is 13.0. The summed E-state index contributed by atoms with van der Waals surface area (Å²) < 4.78 is 42.7. The predicted molar refractivity (Wildman–Crippen MR) is 130 cm³/mol. The highest BCUT2D eigenvalue weighted by molar-refractivity contribution is 5.98. The number of esters is 1. The summed E-state index contributed by atoms with van der Waals surface area (Å²) in [4.78, 5) is 27.7. The average molecular weight is 502 g/mol. The van der Waals surface area contributed by atoms with Gasteiger partial charge in [-0.15, -0.1) is 0 Å². The maximum Gasteiger partial charge on any atom is 0.329 e. The normalized spacial score (nSPS) is 35.2. The second-order valence-electron chi connectivity index (χ2n) is 13.0. The van der Waals surface area contributed by atoms with E-state index < -0.39 is 35.0 Å². The summed E-state index contributed by atoms with van der Waals surface area (Å²) in [5, 5.41) is 0. The minimum atomic E-state index is -1.04. The molecule has 0 unspecified atom stereocenters. The Bertz CT molecular complexity index is 1060. The molecule has 7 heteroatoms. The Morgan fingerprint density at radius 3 is 2.36 bits per heavy atom. The quantitative estimate of drug-likeness (QED) is 0.468. The number of halogens is 2. The van der Waals surface area contributed by atoms with Crippen molar-refractivity contribution in [2.45, 2.75) is 108 Å². The molecule has 6 fully saturated rings. The van der Waals surface area contributed by atoms with Crippen molar-refractivity contribution in [3.8, 4) is 5.75 Å². The van der Waals surface area contributed by atoms with E-state index >= 15 is 8.78 Å². The van der Waals surface area contributed by atoms with Crippen molar-refractivity contribution >= 4 is 11.9 Å². The number of hydrogen-bond donors (Lipinski definition) is 0. The van der Waals surface area contributed by atoms with Gasteiger partial charge < -0.3 is 14.4 Å². The lowest BCUT2D eigenvalue weighted by atomic mass is 9.53. The van der Waals surface area contributed by atoms with Gasteiger partial charge in [0.25, 0.3) is 5.91 Å². The molecule has 1 heterocycles. The number of ether oxygens (including phenoxy) is 2. The van der Waals surface area contributed by atoms with Crippen molar-refractivity contribution in [3.05, 3.63) is 29.1 Å². The summed E-state index contributed by atoms with van der Waals surface area (Å²) in [6.07, 6.45) is 6.83. The summed E-state index contributed by atoms with van der Waals surface area (Å²) in [6.45, 7) is 5.78. The van der Waals surface area contributed by atoms with Crippen LogP contribution in [0.1, 0.15) is 100 Å². The molecule has 5 aliphatic carbocycles. The number of carbonyl (C=O) groups excluding carboxylic acids is 2. The first-order chi connectivity index (χ1) is 17.0. The van der Waals surface area contributed by atoms with Crippen LogP contribution in [0.2, 0.25) is 0 Å². The summed E-state index contributed by atoms with van der Waals surface area (Å²) in [6, 6.07) is 2.33. The van der Waals surface area contributed by atoms with E-state index in [4.69, 9.17) is 9.47 Å². The minimum absolute atomic E-state index is 0.00694. The number of benzene rings is 1. The molecule has 1 aliphatic heterocycles. The second kappa shape index (κ2) is 8.42. The fraction of sp³-hybridized carbons (Fsp3) is 0.724. The number of alkyl halides is 1. The largest absolute Gasteiger partial charge is 0.489 e. The molecule has 6 atom stereocenters. The Morgan fingerprint density at radius 1 is 1.06 bits per heavy atom. The minimum Gasteiger partial charge on any atom is -0.489 e. The molecule has 0 N–H and O–H groups in total. The van der Waals surface area contributed by atoms with Crippen molar-refractivity contribution < 1.29 is 27.8 Å². The molecule has 1 aromatic rings.